The maximum Gasteiger partial charge on any atom is 0.285 e. The fraction of sp³-hybridized carbons (Fsp3) is 0.176. The van der Waals surface area contributed by atoms with Crippen LogP contribution in [-0.2, 0) is 6.42 Å². The molecule has 0 bridgehead atoms. The third-order valence-corrected chi connectivity index (χ3v) is 3.54. The normalized spacial score (nSPS) is 11.0. The average molecular weight is 288 g/mol. The van der Waals surface area contributed by atoms with Crippen LogP contribution in [0, 0.1) is 11.6 Å². The molecule has 0 spiro atoms. The molecular formula is C17H14F2O2. The van der Waals surface area contributed by atoms with Gasteiger partial charge in [-0.2, -0.15) is 4.39 Å². The second kappa shape index (κ2) is 5.20. The van der Waals surface area contributed by atoms with Crippen LogP contribution in [0.15, 0.2) is 40.8 Å². The Balaban J connectivity index is 2.19. The van der Waals surface area contributed by atoms with Crippen molar-refractivity contribution in [3.05, 3.63) is 53.6 Å². The zero-order chi connectivity index (χ0) is 15.0. The van der Waals surface area contributed by atoms with Crippen molar-refractivity contribution in [3.8, 4) is 17.1 Å². The van der Waals surface area contributed by atoms with Gasteiger partial charge in [0, 0.05) is 17.0 Å². The van der Waals surface area contributed by atoms with Crippen LogP contribution in [0.1, 0.15) is 12.5 Å². The number of furan rings is 1. The van der Waals surface area contributed by atoms with E-state index in [0.29, 0.717) is 10.9 Å². The maximum atomic E-state index is 14.2. The van der Waals surface area contributed by atoms with E-state index in [1.165, 1.54) is 7.11 Å². The van der Waals surface area contributed by atoms with Crippen LogP contribution in [0.5, 0.6) is 5.95 Å². The largest absolute Gasteiger partial charge is 0.468 e. The molecule has 0 aliphatic carbocycles. The quantitative estimate of drug-likeness (QED) is 0.680. The molecule has 3 rings (SSSR count). The zero-order valence-corrected chi connectivity index (χ0v) is 11.7. The first-order valence-corrected chi connectivity index (χ1v) is 6.69. The number of benzene rings is 2. The number of hydrogen-bond donors (Lipinski definition) is 0. The molecule has 0 N–H and O–H groups in total. The van der Waals surface area contributed by atoms with Gasteiger partial charge in [-0.15, -0.1) is 0 Å². The van der Waals surface area contributed by atoms with E-state index in [0.717, 1.165) is 12.0 Å². The third-order valence-electron chi connectivity index (χ3n) is 3.54. The fourth-order valence-electron chi connectivity index (χ4n) is 2.33. The SMILES string of the molecule is CCc1ccc(-c2cc3cc(OC)oc3c(F)c2F)cc1. The number of ether oxygens (including phenoxy) is 1. The lowest BCUT2D eigenvalue weighted by Gasteiger charge is -2.06. The van der Waals surface area contributed by atoms with E-state index in [4.69, 9.17) is 9.15 Å². The van der Waals surface area contributed by atoms with Gasteiger partial charge in [0.15, 0.2) is 11.4 Å². The molecule has 4 heteroatoms. The first-order valence-electron chi connectivity index (χ1n) is 6.69. The Morgan fingerprint density at radius 3 is 2.38 bits per heavy atom. The molecule has 2 nitrogen and oxygen atoms in total. The predicted molar refractivity (Wildman–Crippen MR) is 77.5 cm³/mol. The van der Waals surface area contributed by atoms with Crippen LogP contribution in [0.25, 0.3) is 22.1 Å². The summed E-state index contributed by atoms with van der Waals surface area (Å²) in [5.74, 6) is -1.75. The number of rotatable bonds is 3. The highest BCUT2D eigenvalue weighted by Crippen LogP contribution is 2.34. The summed E-state index contributed by atoms with van der Waals surface area (Å²) in [6, 6.07) is 10.5. The average Bonchev–Trinajstić information content (AvgIpc) is 2.94. The molecule has 0 radical (unpaired) electrons. The summed E-state index contributed by atoms with van der Waals surface area (Å²) in [5.41, 5.74) is 1.86. The van der Waals surface area contributed by atoms with Crippen molar-refractivity contribution in [3.63, 3.8) is 0 Å². The minimum Gasteiger partial charge on any atom is -0.468 e. The van der Waals surface area contributed by atoms with Crippen LogP contribution in [0.2, 0.25) is 0 Å². The van der Waals surface area contributed by atoms with Crippen molar-refractivity contribution < 1.29 is 17.9 Å². The molecule has 21 heavy (non-hydrogen) atoms. The van der Waals surface area contributed by atoms with Crippen molar-refractivity contribution in [1.29, 1.82) is 0 Å². The highest BCUT2D eigenvalue weighted by Gasteiger charge is 2.18. The standard InChI is InChI=1S/C17H14F2O2/c1-3-10-4-6-11(7-5-10)13-8-12-9-14(20-2)21-17(12)16(19)15(13)18/h4-9H,3H2,1-2H3. The molecule has 0 fully saturated rings. The minimum absolute atomic E-state index is 0.127. The van der Waals surface area contributed by atoms with Crippen LogP contribution in [0.4, 0.5) is 8.78 Å². The lowest BCUT2D eigenvalue weighted by molar-refractivity contribution is 0.312. The molecule has 108 valence electrons. The summed E-state index contributed by atoms with van der Waals surface area (Å²) >= 11 is 0. The Hall–Kier alpha value is -2.36. The molecule has 0 amide bonds. The summed E-state index contributed by atoms with van der Waals surface area (Å²) in [7, 11) is 1.41. The van der Waals surface area contributed by atoms with E-state index in [-0.39, 0.29) is 17.1 Å². The lowest BCUT2D eigenvalue weighted by atomic mass is 10.0. The van der Waals surface area contributed by atoms with Gasteiger partial charge in [0.2, 0.25) is 5.82 Å². The van der Waals surface area contributed by atoms with Crippen molar-refractivity contribution in [2.45, 2.75) is 13.3 Å². The van der Waals surface area contributed by atoms with Crippen LogP contribution in [0.3, 0.4) is 0 Å². The Kier molecular flexibility index (Phi) is 3.37. The molecule has 0 atom stereocenters. The molecule has 0 aliphatic heterocycles. The first-order chi connectivity index (χ1) is 10.1. The van der Waals surface area contributed by atoms with E-state index >= 15 is 0 Å². The Morgan fingerprint density at radius 2 is 1.76 bits per heavy atom. The van der Waals surface area contributed by atoms with Gasteiger partial charge < -0.3 is 9.15 Å². The molecule has 2 aromatic carbocycles. The van der Waals surface area contributed by atoms with E-state index in [2.05, 4.69) is 0 Å². The summed E-state index contributed by atoms with van der Waals surface area (Å²) < 4.78 is 38.4. The van der Waals surface area contributed by atoms with Crippen molar-refractivity contribution in [2.24, 2.45) is 0 Å². The van der Waals surface area contributed by atoms with E-state index < -0.39 is 11.6 Å². The number of fused-ring (bicyclic) bond motifs is 1. The monoisotopic (exact) mass is 288 g/mol. The first kappa shape index (κ1) is 13.6. The highest BCUT2D eigenvalue weighted by atomic mass is 19.2. The molecule has 3 aromatic rings. The maximum absolute atomic E-state index is 14.2. The van der Waals surface area contributed by atoms with Gasteiger partial charge >= 0.3 is 0 Å². The minimum atomic E-state index is -0.995. The molecule has 0 unspecified atom stereocenters. The van der Waals surface area contributed by atoms with Crippen LogP contribution >= 0.6 is 0 Å². The van der Waals surface area contributed by atoms with Crippen LogP contribution < -0.4 is 4.74 Å². The number of methoxy groups -OCH3 is 1. The number of aryl methyl sites for hydroxylation is 1. The van der Waals surface area contributed by atoms with Crippen LogP contribution in [-0.4, -0.2) is 7.11 Å². The van der Waals surface area contributed by atoms with E-state index in [9.17, 15) is 8.78 Å². The van der Waals surface area contributed by atoms with Gasteiger partial charge in [-0.05, 0) is 23.6 Å². The van der Waals surface area contributed by atoms with Gasteiger partial charge in [0.25, 0.3) is 5.95 Å². The Morgan fingerprint density at radius 1 is 1.05 bits per heavy atom. The predicted octanol–water partition coefficient (Wildman–Crippen LogP) is 4.95. The summed E-state index contributed by atoms with van der Waals surface area (Å²) in [6.07, 6.45) is 0.898. The van der Waals surface area contributed by atoms with Gasteiger partial charge in [-0.3, -0.25) is 0 Å². The van der Waals surface area contributed by atoms with Crippen molar-refractivity contribution >= 4 is 11.0 Å². The van der Waals surface area contributed by atoms with Gasteiger partial charge in [0.05, 0.1) is 7.11 Å². The summed E-state index contributed by atoms with van der Waals surface area (Å²) in [6.45, 7) is 2.04. The Labute approximate surface area is 121 Å². The van der Waals surface area contributed by atoms with Crippen molar-refractivity contribution in [1.82, 2.24) is 0 Å². The Bertz CT molecular complexity index is 789. The van der Waals surface area contributed by atoms with Crippen molar-refractivity contribution in [2.75, 3.05) is 7.11 Å². The lowest BCUT2D eigenvalue weighted by Crippen LogP contribution is -1.91. The summed E-state index contributed by atoms with van der Waals surface area (Å²) in [5, 5.41) is 0.473. The second-order valence-electron chi connectivity index (χ2n) is 4.79. The van der Waals surface area contributed by atoms with E-state index in [1.807, 2.05) is 19.1 Å². The molecule has 0 aliphatic rings. The molecule has 0 saturated heterocycles. The number of halogens is 2. The molecular weight excluding hydrogens is 274 g/mol. The molecule has 0 saturated carbocycles. The smallest absolute Gasteiger partial charge is 0.285 e. The number of hydrogen-bond acceptors (Lipinski definition) is 2. The summed E-state index contributed by atoms with van der Waals surface area (Å²) in [4.78, 5) is 0. The zero-order valence-electron chi connectivity index (χ0n) is 11.7. The second-order valence-corrected chi connectivity index (χ2v) is 4.79. The molecule has 1 heterocycles. The fourth-order valence-corrected chi connectivity index (χ4v) is 2.33. The van der Waals surface area contributed by atoms with Gasteiger partial charge in [0.1, 0.15) is 0 Å². The topological polar surface area (TPSA) is 22.4 Å². The van der Waals surface area contributed by atoms with Gasteiger partial charge in [-0.25, -0.2) is 4.39 Å². The molecule has 1 aromatic heterocycles. The third kappa shape index (κ3) is 2.27. The highest BCUT2D eigenvalue weighted by molar-refractivity contribution is 5.85. The van der Waals surface area contributed by atoms with Gasteiger partial charge in [-0.1, -0.05) is 31.2 Å². The van der Waals surface area contributed by atoms with E-state index in [1.54, 1.807) is 24.3 Å².